The van der Waals surface area contributed by atoms with Crippen LogP contribution in [0.1, 0.15) is 19.4 Å². The van der Waals surface area contributed by atoms with E-state index in [1.54, 1.807) is 12.1 Å². The van der Waals surface area contributed by atoms with Crippen LogP contribution in [0.15, 0.2) is 46.1 Å². The molecule has 2 rings (SSSR count). The van der Waals surface area contributed by atoms with Crippen LogP contribution in [0.25, 0.3) is 0 Å². The van der Waals surface area contributed by atoms with Crippen LogP contribution in [0.2, 0.25) is 0 Å². The average Bonchev–Trinajstić information content (AvgIpc) is 2.44. The number of carbonyl (C=O) groups is 2. The van der Waals surface area contributed by atoms with Gasteiger partial charge in [-0.05, 0) is 32.9 Å². The highest BCUT2D eigenvalue weighted by molar-refractivity contribution is 7.89. The minimum Gasteiger partial charge on any atom is -0.445 e. The summed E-state index contributed by atoms with van der Waals surface area (Å²) >= 11 is 0. The number of allylic oxidation sites excluding steroid dienone is 2. The predicted molar refractivity (Wildman–Crippen MR) is 83.0 cm³/mol. The third kappa shape index (κ3) is 3.84. The summed E-state index contributed by atoms with van der Waals surface area (Å²) in [6.07, 6.45) is 1.18. The van der Waals surface area contributed by atoms with Gasteiger partial charge in [0, 0.05) is 6.08 Å². The Morgan fingerprint density at radius 1 is 1.22 bits per heavy atom. The molecule has 1 aliphatic rings. The Hall–Kier alpha value is -2.48. The number of aryl methyl sites for hydroxylation is 1. The summed E-state index contributed by atoms with van der Waals surface area (Å²) < 4.78 is 29.6. The van der Waals surface area contributed by atoms with Crippen molar-refractivity contribution in [2.45, 2.75) is 25.7 Å². The molecule has 0 amide bonds. The fourth-order valence-electron chi connectivity index (χ4n) is 2.00. The van der Waals surface area contributed by atoms with Crippen LogP contribution in [-0.4, -0.2) is 25.9 Å². The molecule has 1 unspecified atom stereocenters. The van der Waals surface area contributed by atoms with Crippen molar-refractivity contribution in [2.75, 3.05) is 0 Å². The maximum Gasteiger partial charge on any atom is 0.276 e. The van der Waals surface area contributed by atoms with E-state index in [1.807, 2.05) is 11.8 Å². The molecule has 0 spiro atoms. The summed E-state index contributed by atoms with van der Waals surface area (Å²) in [5.74, 6) is -2.25. The van der Waals surface area contributed by atoms with Crippen LogP contribution in [-0.2, 0) is 24.3 Å². The van der Waals surface area contributed by atoms with E-state index in [-0.39, 0.29) is 16.6 Å². The molecule has 122 valence electrons. The highest BCUT2D eigenvalue weighted by atomic mass is 32.2. The highest BCUT2D eigenvalue weighted by Gasteiger charge is 2.34. The van der Waals surface area contributed by atoms with E-state index in [2.05, 4.69) is 5.10 Å². The van der Waals surface area contributed by atoms with Crippen LogP contribution in [0.4, 0.5) is 0 Å². The number of hydrogen-bond acceptors (Lipinski definition) is 6. The summed E-state index contributed by atoms with van der Waals surface area (Å²) in [5.41, 5.74) is 0.911. The van der Waals surface area contributed by atoms with Crippen molar-refractivity contribution in [1.29, 1.82) is 0 Å². The molecule has 8 heteroatoms. The molecule has 1 N–H and O–H groups in total. The molecule has 0 fully saturated rings. The van der Waals surface area contributed by atoms with Gasteiger partial charge in [-0.1, -0.05) is 17.7 Å². The Balaban J connectivity index is 2.30. The smallest absolute Gasteiger partial charge is 0.276 e. The van der Waals surface area contributed by atoms with Crippen LogP contribution in [0, 0.1) is 12.8 Å². The maximum atomic E-state index is 12.2. The number of hydrogen-bond donors (Lipinski definition) is 1. The van der Waals surface area contributed by atoms with E-state index in [0.29, 0.717) is 0 Å². The number of sulfonamides is 1. The molecular formula is C15H16N2O5S. The van der Waals surface area contributed by atoms with Crippen molar-refractivity contribution in [3.63, 3.8) is 0 Å². The van der Waals surface area contributed by atoms with E-state index >= 15 is 0 Å². The summed E-state index contributed by atoms with van der Waals surface area (Å²) in [6, 6.07) is 6.15. The lowest BCUT2D eigenvalue weighted by Gasteiger charge is -2.19. The molecule has 1 heterocycles. The number of carbonyl (C=O) groups excluding carboxylic acids is 2. The van der Waals surface area contributed by atoms with Gasteiger partial charge in [-0.3, -0.25) is 9.59 Å². The molecule has 1 atom stereocenters. The predicted octanol–water partition coefficient (Wildman–Crippen LogP) is 1.30. The van der Waals surface area contributed by atoms with Gasteiger partial charge in [0.15, 0.2) is 11.7 Å². The van der Waals surface area contributed by atoms with Gasteiger partial charge in [-0.15, -0.1) is 5.10 Å². The second-order valence-electron chi connectivity index (χ2n) is 5.16. The van der Waals surface area contributed by atoms with E-state index in [4.69, 9.17) is 4.74 Å². The second-order valence-corrected chi connectivity index (χ2v) is 6.82. The highest BCUT2D eigenvalue weighted by Crippen LogP contribution is 2.17. The lowest BCUT2D eigenvalue weighted by molar-refractivity contribution is -0.127. The SMILES string of the molecule is CC(=O)C1C(=O)C=C(C)O/C1=N\NS(=O)(=O)c1ccc(C)cc1. The first kappa shape index (κ1) is 16.9. The Bertz CT molecular complexity index is 807. The monoisotopic (exact) mass is 336 g/mol. The Labute approximate surface area is 134 Å². The van der Waals surface area contributed by atoms with E-state index < -0.39 is 27.5 Å². The minimum absolute atomic E-state index is 0.0150. The number of Topliss-reactive ketones (excluding diaryl/α,β-unsaturated/α-hetero) is 1. The third-order valence-electron chi connectivity index (χ3n) is 3.16. The summed E-state index contributed by atoms with van der Waals surface area (Å²) in [4.78, 5) is 25.4. The van der Waals surface area contributed by atoms with Crippen molar-refractivity contribution in [3.05, 3.63) is 41.7 Å². The van der Waals surface area contributed by atoms with Gasteiger partial charge >= 0.3 is 0 Å². The lowest BCUT2D eigenvalue weighted by Crippen LogP contribution is -2.36. The number of nitrogens with zero attached hydrogens (tertiary/aromatic N) is 1. The summed E-state index contributed by atoms with van der Waals surface area (Å²) in [6.45, 7) is 4.56. The first-order valence-electron chi connectivity index (χ1n) is 6.77. The summed E-state index contributed by atoms with van der Waals surface area (Å²) in [5, 5.41) is 3.63. The molecule has 23 heavy (non-hydrogen) atoms. The lowest BCUT2D eigenvalue weighted by atomic mass is 9.97. The molecule has 1 aromatic rings. The fourth-order valence-corrected chi connectivity index (χ4v) is 2.81. The van der Waals surface area contributed by atoms with E-state index in [9.17, 15) is 18.0 Å². The summed E-state index contributed by atoms with van der Waals surface area (Å²) in [7, 11) is -3.92. The normalized spacial score (nSPS) is 20.0. The largest absolute Gasteiger partial charge is 0.445 e. The van der Waals surface area contributed by atoms with Gasteiger partial charge < -0.3 is 4.74 Å². The van der Waals surface area contributed by atoms with Crippen molar-refractivity contribution >= 4 is 27.5 Å². The maximum absolute atomic E-state index is 12.2. The standard InChI is InChI=1S/C15H16N2O5S/c1-9-4-6-12(7-5-9)23(20,21)17-16-15-14(11(3)18)13(19)8-10(2)22-15/h4-8,14,17H,1-3H3/b16-15-. The van der Waals surface area contributed by atoms with E-state index in [1.165, 1.54) is 32.1 Å². The van der Waals surface area contributed by atoms with Crippen LogP contribution < -0.4 is 4.83 Å². The van der Waals surface area contributed by atoms with Crippen molar-refractivity contribution in [3.8, 4) is 0 Å². The third-order valence-corrected chi connectivity index (χ3v) is 4.38. The number of ether oxygens (including phenoxy) is 1. The van der Waals surface area contributed by atoms with Crippen molar-refractivity contribution in [1.82, 2.24) is 4.83 Å². The zero-order valence-electron chi connectivity index (χ0n) is 12.9. The molecule has 1 aliphatic heterocycles. The fraction of sp³-hybridized carbons (Fsp3) is 0.267. The molecule has 0 radical (unpaired) electrons. The quantitative estimate of drug-likeness (QED) is 0.659. The van der Waals surface area contributed by atoms with Gasteiger partial charge in [0.05, 0.1) is 4.90 Å². The topological polar surface area (TPSA) is 102 Å². The van der Waals surface area contributed by atoms with Crippen molar-refractivity contribution in [2.24, 2.45) is 11.0 Å². The number of rotatable bonds is 4. The second kappa shape index (κ2) is 6.33. The Morgan fingerprint density at radius 3 is 2.39 bits per heavy atom. The molecule has 0 saturated carbocycles. The van der Waals surface area contributed by atoms with Gasteiger partial charge in [0.25, 0.3) is 10.0 Å². The van der Waals surface area contributed by atoms with Gasteiger partial charge in [-0.25, -0.2) is 0 Å². The number of hydrazone groups is 1. The Morgan fingerprint density at radius 2 is 1.83 bits per heavy atom. The number of nitrogens with one attached hydrogen (secondary N) is 1. The number of ketones is 2. The molecule has 0 saturated heterocycles. The number of benzene rings is 1. The molecule has 7 nitrogen and oxygen atoms in total. The van der Waals surface area contributed by atoms with Gasteiger partial charge in [-0.2, -0.15) is 13.2 Å². The average molecular weight is 336 g/mol. The van der Waals surface area contributed by atoms with Crippen LogP contribution in [0.3, 0.4) is 0 Å². The van der Waals surface area contributed by atoms with Crippen LogP contribution in [0.5, 0.6) is 0 Å². The van der Waals surface area contributed by atoms with Crippen molar-refractivity contribution < 1.29 is 22.7 Å². The van der Waals surface area contributed by atoms with Gasteiger partial charge in [0.1, 0.15) is 11.5 Å². The zero-order chi connectivity index (χ0) is 17.2. The molecule has 0 aliphatic carbocycles. The first-order chi connectivity index (χ1) is 10.7. The minimum atomic E-state index is -3.92. The molecule has 0 aromatic heterocycles. The molecular weight excluding hydrogens is 320 g/mol. The van der Waals surface area contributed by atoms with E-state index in [0.717, 1.165) is 5.56 Å². The zero-order valence-corrected chi connectivity index (χ0v) is 13.7. The van der Waals surface area contributed by atoms with Crippen LogP contribution >= 0.6 is 0 Å². The Kier molecular flexibility index (Phi) is 4.65. The van der Waals surface area contributed by atoms with Gasteiger partial charge in [0.2, 0.25) is 5.90 Å². The molecule has 0 bridgehead atoms. The molecule has 1 aromatic carbocycles. The first-order valence-corrected chi connectivity index (χ1v) is 8.25.